The standard InChI is InChI=1S/C25H26N8O.C6H14N2.2ClH/c26-17-6-8-18(9-7-17)30-25-31-23-22(27-14-28-23)24(32-25)33-15-29-20-11-10-19(12-21(20)33)34-13-16-4-2-1-3-5-16;7-6(8)4-2-1-3-5-6;;/h1-5,10-12,14-15,17-18H,6-9,13,26H2,(H2,27,28,30,31,32);1-5,7-8H2;2*1H. The van der Waals surface area contributed by atoms with Crippen molar-refractivity contribution in [3.8, 4) is 11.6 Å². The van der Waals surface area contributed by atoms with E-state index in [1.165, 1.54) is 19.3 Å². The van der Waals surface area contributed by atoms with Crippen LogP contribution in [0, 0.1) is 0 Å². The van der Waals surface area contributed by atoms with Gasteiger partial charge in [-0.15, -0.1) is 24.8 Å². The molecule has 0 saturated heterocycles. The molecule has 0 spiro atoms. The van der Waals surface area contributed by atoms with Crippen molar-refractivity contribution in [2.45, 2.75) is 82.1 Å². The summed E-state index contributed by atoms with van der Waals surface area (Å²) in [6.45, 7) is 0.498. The molecular formula is C31H42Cl2N10O. The van der Waals surface area contributed by atoms with Gasteiger partial charge in [-0.2, -0.15) is 9.97 Å². The van der Waals surface area contributed by atoms with Gasteiger partial charge in [-0.05, 0) is 56.2 Å². The topological polar surface area (TPSA) is 172 Å². The molecule has 13 heteroatoms. The Labute approximate surface area is 269 Å². The Balaban J connectivity index is 0.000000387. The Bertz CT molecular complexity index is 1610. The van der Waals surface area contributed by atoms with Crippen LogP contribution in [0.25, 0.3) is 28.0 Å². The highest BCUT2D eigenvalue weighted by Crippen LogP contribution is 2.27. The van der Waals surface area contributed by atoms with Gasteiger partial charge in [-0.1, -0.05) is 49.6 Å². The zero-order chi connectivity index (χ0) is 28.9. The highest BCUT2D eigenvalue weighted by molar-refractivity contribution is 5.86. The van der Waals surface area contributed by atoms with E-state index in [1.807, 2.05) is 53.1 Å². The first-order valence-corrected chi connectivity index (χ1v) is 14.9. The predicted octanol–water partition coefficient (Wildman–Crippen LogP) is 5.36. The number of hydrogen-bond acceptors (Lipinski definition) is 9. The predicted molar refractivity (Wildman–Crippen MR) is 180 cm³/mol. The van der Waals surface area contributed by atoms with Crippen LogP contribution in [0.2, 0.25) is 0 Å². The lowest BCUT2D eigenvalue weighted by Crippen LogP contribution is -2.50. The lowest BCUT2D eigenvalue weighted by Gasteiger charge is -2.28. The van der Waals surface area contributed by atoms with E-state index in [0.29, 0.717) is 36.1 Å². The molecule has 0 unspecified atom stereocenters. The van der Waals surface area contributed by atoms with E-state index in [4.69, 9.17) is 26.9 Å². The number of aromatic nitrogens is 6. The molecule has 2 saturated carbocycles. The van der Waals surface area contributed by atoms with Crippen LogP contribution < -0.4 is 27.3 Å². The third kappa shape index (κ3) is 8.16. The fourth-order valence-electron chi connectivity index (χ4n) is 5.70. The number of nitrogens with one attached hydrogen (secondary N) is 2. The SMILES string of the molecule is Cl.Cl.NC1(N)CCCCC1.NC1CCC(Nc2nc(-n3cnc4ccc(OCc5ccccc5)cc43)c3[nH]cnc3n2)CC1. The number of H-pyrrole nitrogens is 1. The highest BCUT2D eigenvalue weighted by Gasteiger charge is 2.22. The summed E-state index contributed by atoms with van der Waals surface area (Å²) in [5, 5.41) is 3.49. The summed E-state index contributed by atoms with van der Waals surface area (Å²) in [4.78, 5) is 21.6. The van der Waals surface area contributed by atoms with Crippen LogP contribution in [0.15, 0.2) is 61.2 Å². The molecule has 3 heterocycles. The van der Waals surface area contributed by atoms with Gasteiger partial charge in [0, 0.05) is 18.2 Å². The second-order valence-electron chi connectivity index (χ2n) is 11.6. The number of ether oxygens (including phenoxy) is 1. The molecule has 0 atom stereocenters. The maximum atomic E-state index is 6.06. The number of hydrogen-bond donors (Lipinski definition) is 5. The van der Waals surface area contributed by atoms with Crippen molar-refractivity contribution in [2.24, 2.45) is 17.2 Å². The first-order valence-electron chi connectivity index (χ1n) is 14.9. The van der Waals surface area contributed by atoms with Gasteiger partial charge in [0.15, 0.2) is 11.5 Å². The minimum absolute atomic E-state index is 0. The van der Waals surface area contributed by atoms with Crippen LogP contribution in [0.3, 0.4) is 0 Å². The van der Waals surface area contributed by atoms with E-state index in [9.17, 15) is 0 Å². The third-order valence-corrected chi connectivity index (χ3v) is 8.15. The van der Waals surface area contributed by atoms with Crippen LogP contribution in [-0.4, -0.2) is 47.2 Å². The number of imidazole rings is 2. The summed E-state index contributed by atoms with van der Waals surface area (Å²) in [6.07, 6.45) is 13.2. The van der Waals surface area contributed by atoms with Crippen molar-refractivity contribution in [1.29, 1.82) is 0 Å². The molecule has 44 heavy (non-hydrogen) atoms. The number of nitrogens with zero attached hydrogens (tertiary/aromatic N) is 5. The van der Waals surface area contributed by atoms with E-state index in [1.54, 1.807) is 12.7 Å². The Morgan fingerprint density at radius 3 is 2.39 bits per heavy atom. The van der Waals surface area contributed by atoms with Crippen LogP contribution in [0.4, 0.5) is 5.95 Å². The highest BCUT2D eigenvalue weighted by atomic mass is 35.5. The van der Waals surface area contributed by atoms with Gasteiger partial charge in [0.05, 0.1) is 23.0 Å². The Morgan fingerprint density at radius 1 is 0.932 bits per heavy atom. The average Bonchev–Trinajstić information content (AvgIpc) is 3.65. The molecule has 236 valence electrons. The van der Waals surface area contributed by atoms with E-state index in [0.717, 1.165) is 66.4 Å². The summed E-state index contributed by atoms with van der Waals surface area (Å²) < 4.78 is 8.00. The molecule has 0 radical (unpaired) electrons. The maximum absolute atomic E-state index is 6.06. The third-order valence-electron chi connectivity index (χ3n) is 8.15. The first kappa shape index (κ1) is 33.4. The van der Waals surface area contributed by atoms with Gasteiger partial charge in [0.2, 0.25) is 5.95 Å². The Hall–Kier alpha value is -3.48. The molecule has 8 N–H and O–H groups in total. The molecule has 2 aliphatic rings. The normalized spacial score (nSPS) is 19.2. The fraction of sp³-hybridized carbons (Fsp3) is 0.419. The minimum atomic E-state index is -0.321. The molecule has 11 nitrogen and oxygen atoms in total. The number of nitrogens with two attached hydrogens (primary N) is 3. The van der Waals surface area contributed by atoms with Crippen molar-refractivity contribution in [3.63, 3.8) is 0 Å². The first-order chi connectivity index (χ1) is 20.4. The largest absolute Gasteiger partial charge is 0.489 e. The average molecular weight is 642 g/mol. The van der Waals surface area contributed by atoms with Gasteiger partial charge in [0.25, 0.3) is 0 Å². The van der Waals surface area contributed by atoms with E-state index < -0.39 is 0 Å². The van der Waals surface area contributed by atoms with Crippen LogP contribution >= 0.6 is 24.8 Å². The van der Waals surface area contributed by atoms with Crippen molar-refractivity contribution < 1.29 is 4.74 Å². The Kier molecular flexibility index (Phi) is 11.4. The molecule has 3 aromatic heterocycles. The van der Waals surface area contributed by atoms with Crippen molar-refractivity contribution in [3.05, 3.63) is 66.7 Å². The number of rotatable bonds is 6. The number of anilines is 1. The zero-order valence-corrected chi connectivity index (χ0v) is 26.3. The summed E-state index contributed by atoms with van der Waals surface area (Å²) in [5.41, 5.74) is 21.3. The molecular weight excluding hydrogens is 599 g/mol. The minimum Gasteiger partial charge on any atom is -0.489 e. The van der Waals surface area contributed by atoms with Gasteiger partial charge in [-0.25, -0.2) is 9.97 Å². The summed E-state index contributed by atoms with van der Waals surface area (Å²) in [5.74, 6) is 2.03. The second-order valence-corrected chi connectivity index (χ2v) is 11.6. The molecule has 2 aliphatic carbocycles. The van der Waals surface area contributed by atoms with Gasteiger partial charge >= 0.3 is 0 Å². The molecule has 0 amide bonds. The number of benzene rings is 2. The van der Waals surface area contributed by atoms with E-state index in [2.05, 4.69) is 25.3 Å². The number of halogens is 2. The maximum Gasteiger partial charge on any atom is 0.227 e. The molecule has 5 aromatic rings. The Morgan fingerprint density at radius 2 is 1.68 bits per heavy atom. The van der Waals surface area contributed by atoms with Crippen LogP contribution in [0.5, 0.6) is 5.75 Å². The van der Waals surface area contributed by atoms with E-state index in [-0.39, 0.29) is 30.5 Å². The summed E-state index contributed by atoms with van der Waals surface area (Å²) in [7, 11) is 0. The van der Waals surface area contributed by atoms with Gasteiger partial charge < -0.3 is 32.2 Å². The molecule has 2 aromatic carbocycles. The molecule has 0 bridgehead atoms. The van der Waals surface area contributed by atoms with Gasteiger partial charge in [0.1, 0.15) is 24.2 Å². The monoisotopic (exact) mass is 640 g/mol. The lowest BCUT2D eigenvalue weighted by atomic mass is 9.91. The molecule has 2 fully saturated rings. The summed E-state index contributed by atoms with van der Waals surface area (Å²) in [6, 6.07) is 16.6. The van der Waals surface area contributed by atoms with Crippen LogP contribution in [0.1, 0.15) is 63.4 Å². The second kappa shape index (κ2) is 15.0. The number of aromatic amines is 1. The fourth-order valence-corrected chi connectivity index (χ4v) is 5.70. The van der Waals surface area contributed by atoms with Crippen molar-refractivity contribution in [1.82, 2.24) is 29.5 Å². The summed E-state index contributed by atoms with van der Waals surface area (Å²) >= 11 is 0. The quantitative estimate of drug-likeness (QED) is 0.153. The number of fused-ring (bicyclic) bond motifs is 2. The lowest BCUT2D eigenvalue weighted by molar-refractivity contribution is 0.306. The smallest absolute Gasteiger partial charge is 0.227 e. The zero-order valence-electron chi connectivity index (χ0n) is 24.7. The molecule has 7 rings (SSSR count). The van der Waals surface area contributed by atoms with Gasteiger partial charge in [-0.3, -0.25) is 4.57 Å². The molecule has 0 aliphatic heterocycles. The van der Waals surface area contributed by atoms with Crippen molar-refractivity contribution in [2.75, 3.05) is 5.32 Å². The van der Waals surface area contributed by atoms with Crippen LogP contribution in [-0.2, 0) is 6.61 Å². The van der Waals surface area contributed by atoms with E-state index >= 15 is 0 Å². The van der Waals surface area contributed by atoms with Crippen molar-refractivity contribution >= 4 is 53.0 Å².